The van der Waals surface area contributed by atoms with E-state index >= 15 is 0 Å². The van der Waals surface area contributed by atoms with Crippen LogP contribution in [0.1, 0.15) is 37.9 Å². The lowest BCUT2D eigenvalue weighted by molar-refractivity contribution is 0.238. The zero-order chi connectivity index (χ0) is 17.5. The van der Waals surface area contributed by atoms with E-state index in [2.05, 4.69) is 34.0 Å². The smallest absolute Gasteiger partial charge is 0.227 e. The molecule has 1 fully saturated rings. The molecule has 1 aromatic carbocycles. The van der Waals surface area contributed by atoms with Crippen molar-refractivity contribution in [2.24, 2.45) is 0 Å². The summed E-state index contributed by atoms with van der Waals surface area (Å²) in [6.45, 7) is 8.43. The van der Waals surface area contributed by atoms with Crippen molar-refractivity contribution in [3.8, 4) is 5.75 Å². The second kappa shape index (κ2) is 8.81. The van der Waals surface area contributed by atoms with E-state index in [4.69, 9.17) is 4.74 Å². The summed E-state index contributed by atoms with van der Waals surface area (Å²) < 4.78 is 5.84. The highest BCUT2D eigenvalue weighted by Crippen LogP contribution is 2.19. The van der Waals surface area contributed by atoms with Gasteiger partial charge in [-0.15, -0.1) is 0 Å². The Balaban J connectivity index is 1.53. The standard InChI is InChI=1S/C20H28N4O/c1-3-16-15-21-20(23-19(16)4-2)22-17-7-9-18(10-8-17)25-14-13-24-11-5-6-12-24/h7-10,15H,3-6,11-14H2,1-2H3,(H,21,22,23). The number of rotatable bonds is 8. The SMILES string of the molecule is CCc1cnc(Nc2ccc(OCCN3CCCC3)cc2)nc1CC. The van der Waals surface area contributed by atoms with Crippen molar-refractivity contribution >= 4 is 11.6 Å². The van der Waals surface area contributed by atoms with E-state index in [0.29, 0.717) is 5.95 Å². The van der Waals surface area contributed by atoms with Gasteiger partial charge in [-0.3, -0.25) is 4.90 Å². The summed E-state index contributed by atoms with van der Waals surface area (Å²) in [5, 5.41) is 3.27. The van der Waals surface area contributed by atoms with Crippen molar-refractivity contribution < 1.29 is 4.74 Å². The molecule has 0 bridgehead atoms. The Morgan fingerprint density at radius 3 is 2.52 bits per heavy atom. The van der Waals surface area contributed by atoms with Crippen LogP contribution in [0.4, 0.5) is 11.6 Å². The first-order valence-electron chi connectivity index (χ1n) is 9.35. The zero-order valence-electron chi connectivity index (χ0n) is 15.3. The summed E-state index contributed by atoms with van der Waals surface area (Å²) in [6, 6.07) is 8.00. The summed E-state index contributed by atoms with van der Waals surface area (Å²) >= 11 is 0. The van der Waals surface area contributed by atoms with Crippen molar-refractivity contribution in [2.75, 3.05) is 31.6 Å². The number of nitrogens with one attached hydrogen (secondary N) is 1. The van der Waals surface area contributed by atoms with Crippen molar-refractivity contribution in [3.05, 3.63) is 41.7 Å². The number of ether oxygens (including phenoxy) is 1. The van der Waals surface area contributed by atoms with Gasteiger partial charge in [-0.2, -0.15) is 0 Å². The fraction of sp³-hybridized carbons (Fsp3) is 0.500. The summed E-state index contributed by atoms with van der Waals surface area (Å²) in [5.74, 6) is 1.55. The van der Waals surface area contributed by atoms with Gasteiger partial charge in [0.1, 0.15) is 12.4 Å². The number of anilines is 2. The maximum atomic E-state index is 5.84. The van der Waals surface area contributed by atoms with Crippen LogP contribution >= 0.6 is 0 Å². The Labute approximate surface area is 150 Å². The zero-order valence-corrected chi connectivity index (χ0v) is 15.3. The number of likely N-dealkylation sites (tertiary alicyclic amines) is 1. The Bertz CT molecular complexity index is 666. The van der Waals surface area contributed by atoms with Crippen LogP contribution in [0.3, 0.4) is 0 Å². The van der Waals surface area contributed by atoms with Crippen LogP contribution in [0.2, 0.25) is 0 Å². The fourth-order valence-corrected chi connectivity index (χ4v) is 3.17. The third-order valence-corrected chi connectivity index (χ3v) is 4.66. The Morgan fingerprint density at radius 2 is 1.84 bits per heavy atom. The normalized spacial score (nSPS) is 14.6. The van der Waals surface area contributed by atoms with Gasteiger partial charge in [-0.25, -0.2) is 9.97 Å². The minimum Gasteiger partial charge on any atom is -0.492 e. The number of hydrogen-bond donors (Lipinski definition) is 1. The molecule has 0 spiro atoms. The molecule has 1 aliphatic rings. The molecule has 1 aromatic heterocycles. The van der Waals surface area contributed by atoms with Gasteiger partial charge in [0.05, 0.1) is 0 Å². The molecule has 1 saturated heterocycles. The molecule has 0 amide bonds. The molecule has 0 saturated carbocycles. The number of benzene rings is 1. The van der Waals surface area contributed by atoms with Crippen LogP contribution in [0.15, 0.2) is 30.5 Å². The Hall–Kier alpha value is -2.14. The molecular formula is C20H28N4O. The van der Waals surface area contributed by atoms with Crippen LogP contribution in [-0.4, -0.2) is 41.1 Å². The molecule has 0 aliphatic carbocycles. The third kappa shape index (κ3) is 4.92. The Morgan fingerprint density at radius 1 is 1.08 bits per heavy atom. The predicted molar refractivity (Wildman–Crippen MR) is 102 cm³/mol. The summed E-state index contributed by atoms with van der Waals surface area (Å²) in [6.07, 6.45) is 6.45. The van der Waals surface area contributed by atoms with Crippen LogP contribution in [0, 0.1) is 0 Å². The molecule has 0 atom stereocenters. The van der Waals surface area contributed by atoms with Gasteiger partial charge in [-0.05, 0) is 68.6 Å². The first kappa shape index (κ1) is 17.7. The molecule has 1 N–H and O–H groups in total. The first-order chi connectivity index (χ1) is 12.3. The summed E-state index contributed by atoms with van der Waals surface area (Å²) in [5.41, 5.74) is 3.30. The first-order valence-corrected chi connectivity index (χ1v) is 9.35. The molecule has 2 heterocycles. The molecule has 5 heteroatoms. The summed E-state index contributed by atoms with van der Waals surface area (Å²) in [4.78, 5) is 11.5. The molecule has 2 aromatic rings. The lowest BCUT2D eigenvalue weighted by atomic mass is 10.1. The van der Waals surface area contributed by atoms with Crippen LogP contribution in [0.25, 0.3) is 0 Å². The second-order valence-electron chi connectivity index (χ2n) is 6.42. The van der Waals surface area contributed by atoms with Gasteiger partial charge in [0, 0.05) is 24.1 Å². The molecular weight excluding hydrogens is 312 g/mol. The number of nitrogens with zero attached hydrogens (tertiary/aromatic N) is 3. The van der Waals surface area contributed by atoms with Crippen LogP contribution in [0.5, 0.6) is 5.75 Å². The van der Waals surface area contributed by atoms with E-state index in [1.54, 1.807) is 0 Å². The van der Waals surface area contributed by atoms with E-state index < -0.39 is 0 Å². The molecule has 134 valence electrons. The highest BCUT2D eigenvalue weighted by Gasteiger charge is 2.10. The average Bonchev–Trinajstić information content (AvgIpc) is 3.16. The van der Waals surface area contributed by atoms with Crippen molar-refractivity contribution in [1.29, 1.82) is 0 Å². The third-order valence-electron chi connectivity index (χ3n) is 4.66. The lowest BCUT2D eigenvalue weighted by Crippen LogP contribution is -2.25. The average molecular weight is 340 g/mol. The summed E-state index contributed by atoms with van der Waals surface area (Å²) in [7, 11) is 0. The minimum absolute atomic E-state index is 0.650. The molecule has 1 aliphatic heterocycles. The Kier molecular flexibility index (Phi) is 6.23. The number of aromatic nitrogens is 2. The van der Waals surface area contributed by atoms with E-state index in [1.807, 2.05) is 30.5 Å². The van der Waals surface area contributed by atoms with Gasteiger partial charge in [0.2, 0.25) is 5.95 Å². The monoisotopic (exact) mass is 340 g/mol. The highest BCUT2D eigenvalue weighted by atomic mass is 16.5. The topological polar surface area (TPSA) is 50.3 Å². The molecule has 0 unspecified atom stereocenters. The quantitative estimate of drug-likeness (QED) is 0.792. The van der Waals surface area contributed by atoms with Crippen LogP contribution < -0.4 is 10.1 Å². The van der Waals surface area contributed by atoms with Crippen molar-refractivity contribution in [1.82, 2.24) is 14.9 Å². The predicted octanol–water partition coefficient (Wildman–Crippen LogP) is 3.82. The number of aryl methyl sites for hydroxylation is 2. The van der Waals surface area contributed by atoms with Gasteiger partial charge in [0.15, 0.2) is 0 Å². The largest absolute Gasteiger partial charge is 0.492 e. The maximum Gasteiger partial charge on any atom is 0.227 e. The van der Waals surface area contributed by atoms with Crippen molar-refractivity contribution in [3.63, 3.8) is 0 Å². The molecule has 25 heavy (non-hydrogen) atoms. The fourth-order valence-electron chi connectivity index (χ4n) is 3.17. The van der Waals surface area contributed by atoms with Gasteiger partial charge < -0.3 is 10.1 Å². The molecule has 0 radical (unpaired) electrons. The lowest BCUT2D eigenvalue weighted by Gasteiger charge is -2.15. The van der Waals surface area contributed by atoms with Gasteiger partial charge in [0.25, 0.3) is 0 Å². The van der Waals surface area contributed by atoms with Crippen LogP contribution in [-0.2, 0) is 12.8 Å². The molecule has 3 rings (SSSR count). The highest BCUT2D eigenvalue weighted by molar-refractivity contribution is 5.54. The number of hydrogen-bond acceptors (Lipinski definition) is 5. The van der Waals surface area contributed by atoms with Gasteiger partial charge >= 0.3 is 0 Å². The van der Waals surface area contributed by atoms with Gasteiger partial charge in [-0.1, -0.05) is 13.8 Å². The second-order valence-corrected chi connectivity index (χ2v) is 6.42. The maximum absolute atomic E-state index is 5.84. The van der Waals surface area contributed by atoms with E-state index in [9.17, 15) is 0 Å². The van der Waals surface area contributed by atoms with Crippen molar-refractivity contribution in [2.45, 2.75) is 39.5 Å². The van der Waals surface area contributed by atoms with E-state index in [1.165, 1.54) is 31.5 Å². The minimum atomic E-state index is 0.650. The van der Waals surface area contributed by atoms with E-state index in [0.717, 1.165) is 43.1 Å². The molecule has 5 nitrogen and oxygen atoms in total. The van der Waals surface area contributed by atoms with E-state index in [-0.39, 0.29) is 0 Å².